The minimum atomic E-state index is -4.98. The molecule has 1 aliphatic rings. The maximum absolute atomic E-state index is 13.9. The normalized spacial score (nSPS) is 18.7. The zero-order chi connectivity index (χ0) is 21.1. The van der Waals surface area contributed by atoms with Gasteiger partial charge in [-0.25, -0.2) is 9.18 Å². The van der Waals surface area contributed by atoms with E-state index >= 15 is 0 Å². The van der Waals surface area contributed by atoms with E-state index in [4.69, 9.17) is 4.74 Å². The molecule has 1 aromatic rings. The van der Waals surface area contributed by atoms with Crippen LogP contribution in [0.4, 0.5) is 22.4 Å². The van der Waals surface area contributed by atoms with Crippen LogP contribution in [0.15, 0.2) is 18.2 Å². The molecule has 0 bridgehead atoms. The van der Waals surface area contributed by atoms with Gasteiger partial charge in [-0.05, 0) is 38.5 Å². The Bertz CT molecular complexity index is 719. The summed E-state index contributed by atoms with van der Waals surface area (Å²) >= 11 is 0. The first-order chi connectivity index (χ1) is 12.9. The van der Waals surface area contributed by atoms with Crippen LogP contribution < -0.4 is 4.74 Å². The van der Waals surface area contributed by atoms with E-state index in [9.17, 15) is 27.2 Å². The van der Waals surface area contributed by atoms with Crippen LogP contribution in [0, 0.1) is 5.82 Å². The van der Waals surface area contributed by atoms with Crippen LogP contribution in [0.5, 0.6) is 5.75 Å². The Morgan fingerprint density at radius 1 is 1.25 bits per heavy atom. The predicted octanol–water partition coefficient (Wildman–Crippen LogP) is 3.34. The summed E-state index contributed by atoms with van der Waals surface area (Å²) in [7, 11) is 0. The highest BCUT2D eigenvalue weighted by Crippen LogP contribution is 2.27. The lowest BCUT2D eigenvalue weighted by molar-refractivity contribution is -0.275. The third kappa shape index (κ3) is 6.36. The Labute approximate surface area is 160 Å². The van der Waals surface area contributed by atoms with Gasteiger partial charge in [-0.15, -0.1) is 13.2 Å². The minimum Gasteiger partial charge on any atom is -0.444 e. The molecule has 1 fully saturated rings. The van der Waals surface area contributed by atoms with Crippen molar-refractivity contribution in [2.75, 3.05) is 19.6 Å². The van der Waals surface area contributed by atoms with Gasteiger partial charge in [0.05, 0.1) is 6.04 Å². The standard InChI is InChI=1S/C18H22F4N2O4/c1-17(2,3)28-16(26)24-7-6-23(13(10-24)11-25)9-12-4-5-15(14(19)8-12)27-18(20,21)22/h4-5,8,11,13H,6-7,9-10H2,1-3H3/t13-/m1/s1. The van der Waals surface area contributed by atoms with Crippen molar-refractivity contribution in [1.29, 1.82) is 0 Å². The number of ether oxygens (including phenoxy) is 2. The first kappa shape index (κ1) is 21.9. The summed E-state index contributed by atoms with van der Waals surface area (Å²) in [5.74, 6) is -2.07. The summed E-state index contributed by atoms with van der Waals surface area (Å²) in [4.78, 5) is 26.7. The Balaban J connectivity index is 2.02. The topological polar surface area (TPSA) is 59.1 Å². The van der Waals surface area contributed by atoms with E-state index < -0.39 is 35.7 Å². The number of alkyl halides is 3. The lowest BCUT2D eigenvalue weighted by Crippen LogP contribution is -2.55. The van der Waals surface area contributed by atoms with Gasteiger partial charge in [-0.2, -0.15) is 0 Å². The van der Waals surface area contributed by atoms with Crippen LogP contribution >= 0.6 is 0 Å². The number of aldehydes is 1. The fourth-order valence-electron chi connectivity index (χ4n) is 2.75. The van der Waals surface area contributed by atoms with Gasteiger partial charge in [0.2, 0.25) is 0 Å². The molecule has 1 saturated heterocycles. The molecule has 1 heterocycles. The maximum atomic E-state index is 13.9. The Morgan fingerprint density at radius 2 is 1.93 bits per heavy atom. The number of benzene rings is 1. The van der Waals surface area contributed by atoms with Crippen LogP contribution in [0.25, 0.3) is 0 Å². The number of hydrogen-bond donors (Lipinski definition) is 0. The van der Waals surface area contributed by atoms with E-state index in [2.05, 4.69) is 4.74 Å². The summed E-state index contributed by atoms with van der Waals surface area (Å²) in [5.41, 5.74) is -0.285. The molecule has 1 aliphatic heterocycles. The molecular formula is C18H22F4N2O4. The molecule has 6 nitrogen and oxygen atoms in total. The monoisotopic (exact) mass is 406 g/mol. The van der Waals surface area contributed by atoms with Crippen molar-refractivity contribution >= 4 is 12.4 Å². The van der Waals surface area contributed by atoms with Crippen molar-refractivity contribution in [3.05, 3.63) is 29.6 Å². The highest BCUT2D eigenvalue weighted by molar-refractivity contribution is 5.70. The average molecular weight is 406 g/mol. The summed E-state index contributed by atoms with van der Waals surface area (Å²) in [6.45, 7) is 6.07. The van der Waals surface area contributed by atoms with Crippen molar-refractivity contribution in [2.24, 2.45) is 0 Å². The number of carbonyl (C=O) groups excluding carboxylic acids is 2. The lowest BCUT2D eigenvalue weighted by Gasteiger charge is -2.39. The molecule has 0 saturated carbocycles. The highest BCUT2D eigenvalue weighted by atomic mass is 19.4. The van der Waals surface area contributed by atoms with Crippen molar-refractivity contribution < 1.29 is 36.6 Å². The van der Waals surface area contributed by atoms with Crippen molar-refractivity contribution in [1.82, 2.24) is 9.80 Å². The molecule has 2 rings (SSSR count). The van der Waals surface area contributed by atoms with Gasteiger partial charge in [0.1, 0.15) is 11.9 Å². The molecule has 0 aliphatic carbocycles. The summed E-state index contributed by atoms with van der Waals surface area (Å²) in [6, 6.07) is 2.48. The summed E-state index contributed by atoms with van der Waals surface area (Å²) < 4.78 is 59.4. The van der Waals surface area contributed by atoms with E-state index in [1.807, 2.05) is 0 Å². The molecule has 1 aromatic carbocycles. The molecule has 0 spiro atoms. The number of amides is 1. The SMILES string of the molecule is CC(C)(C)OC(=O)N1CCN(Cc2ccc(OC(F)(F)F)c(F)c2)[C@@H](C=O)C1. The van der Waals surface area contributed by atoms with Gasteiger partial charge in [-0.1, -0.05) is 6.07 Å². The van der Waals surface area contributed by atoms with E-state index in [1.165, 1.54) is 11.0 Å². The largest absolute Gasteiger partial charge is 0.573 e. The second-order valence-electron chi connectivity index (χ2n) is 7.41. The highest BCUT2D eigenvalue weighted by Gasteiger charge is 2.33. The van der Waals surface area contributed by atoms with Crippen LogP contribution in [-0.4, -0.2) is 59.8 Å². The van der Waals surface area contributed by atoms with E-state index in [0.717, 1.165) is 12.1 Å². The van der Waals surface area contributed by atoms with Gasteiger partial charge >= 0.3 is 12.5 Å². The molecule has 0 unspecified atom stereocenters. The molecule has 156 valence electrons. The number of hydrogen-bond acceptors (Lipinski definition) is 5. The summed E-state index contributed by atoms with van der Waals surface area (Å²) in [5, 5.41) is 0. The summed E-state index contributed by atoms with van der Waals surface area (Å²) in [6.07, 6.45) is -4.84. The van der Waals surface area contributed by atoms with E-state index in [1.54, 1.807) is 25.7 Å². The van der Waals surface area contributed by atoms with E-state index in [0.29, 0.717) is 24.9 Å². The van der Waals surface area contributed by atoms with Gasteiger partial charge in [-0.3, -0.25) is 4.90 Å². The minimum absolute atomic E-state index is 0.107. The number of halogens is 4. The molecule has 10 heteroatoms. The first-order valence-corrected chi connectivity index (χ1v) is 8.59. The third-order valence-electron chi connectivity index (χ3n) is 3.95. The number of nitrogens with zero attached hydrogens (tertiary/aromatic N) is 2. The first-order valence-electron chi connectivity index (χ1n) is 8.59. The second-order valence-corrected chi connectivity index (χ2v) is 7.41. The average Bonchev–Trinajstić information content (AvgIpc) is 2.55. The fraction of sp³-hybridized carbons (Fsp3) is 0.556. The van der Waals surface area contributed by atoms with Crippen LogP contribution in [0.1, 0.15) is 26.3 Å². The Hall–Kier alpha value is -2.36. The zero-order valence-electron chi connectivity index (χ0n) is 15.8. The fourth-order valence-corrected chi connectivity index (χ4v) is 2.75. The number of piperazine rings is 1. The molecule has 0 radical (unpaired) electrons. The van der Waals surface area contributed by atoms with Gasteiger partial charge in [0, 0.05) is 26.2 Å². The molecule has 1 amide bonds. The molecule has 28 heavy (non-hydrogen) atoms. The Kier molecular flexibility index (Phi) is 6.53. The van der Waals surface area contributed by atoms with Gasteiger partial charge in [0.15, 0.2) is 11.6 Å². The van der Waals surface area contributed by atoms with Crippen LogP contribution in [0.2, 0.25) is 0 Å². The smallest absolute Gasteiger partial charge is 0.444 e. The van der Waals surface area contributed by atoms with Crippen LogP contribution in [-0.2, 0) is 16.1 Å². The quantitative estimate of drug-likeness (QED) is 0.567. The predicted molar refractivity (Wildman–Crippen MR) is 91.2 cm³/mol. The van der Waals surface area contributed by atoms with Crippen LogP contribution in [0.3, 0.4) is 0 Å². The molecule has 0 N–H and O–H groups in total. The zero-order valence-corrected chi connectivity index (χ0v) is 15.8. The molecule has 1 atom stereocenters. The maximum Gasteiger partial charge on any atom is 0.573 e. The lowest BCUT2D eigenvalue weighted by atomic mass is 10.1. The number of carbonyl (C=O) groups is 2. The van der Waals surface area contributed by atoms with Gasteiger partial charge in [0.25, 0.3) is 0 Å². The van der Waals surface area contributed by atoms with Crippen molar-refractivity contribution in [3.63, 3.8) is 0 Å². The Morgan fingerprint density at radius 3 is 2.46 bits per heavy atom. The van der Waals surface area contributed by atoms with E-state index in [-0.39, 0.29) is 13.1 Å². The molecular weight excluding hydrogens is 384 g/mol. The third-order valence-corrected chi connectivity index (χ3v) is 3.95. The number of rotatable bonds is 4. The van der Waals surface area contributed by atoms with Crippen molar-refractivity contribution in [3.8, 4) is 5.75 Å². The van der Waals surface area contributed by atoms with Gasteiger partial charge < -0.3 is 19.2 Å². The molecule has 0 aromatic heterocycles. The van der Waals surface area contributed by atoms with Crippen molar-refractivity contribution in [2.45, 2.75) is 45.3 Å². The second kappa shape index (κ2) is 8.34.